The number of rotatable bonds is 6. The van der Waals surface area contributed by atoms with Gasteiger partial charge in [-0.05, 0) is 24.1 Å². The Morgan fingerprint density at radius 3 is 2.50 bits per heavy atom. The van der Waals surface area contributed by atoms with Crippen molar-refractivity contribution in [2.45, 2.75) is 26.8 Å². The van der Waals surface area contributed by atoms with Gasteiger partial charge in [-0.15, -0.1) is 0 Å². The average molecular weight is 252 g/mol. The summed E-state index contributed by atoms with van der Waals surface area (Å²) in [6, 6.07) is 6.24. The van der Waals surface area contributed by atoms with E-state index in [0.717, 1.165) is 12.0 Å². The normalized spacial score (nSPS) is 12.2. The first kappa shape index (κ1) is 14.6. The van der Waals surface area contributed by atoms with Gasteiger partial charge in [0.25, 0.3) is 0 Å². The van der Waals surface area contributed by atoms with Gasteiger partial charge >= 0.3 is 0 Å². The van der Waals surface area contributed by atoms with Gasteiger partial charge in [0.05, 0.1) is 0 Å². The molecule has 0 aliphatic carbocycles. The summed E-state index contributed by atoms with van der Waals surface area (Å²) in [4.78, 5) is 13.9. The van der Waals surface area contributed by atoms with Crippen molar-refractivity contribution in [1.29, 1.82) is 0 Å². The summed E-state index contributed by atoms with van der Waals surface area (Å²) in [5.41, 5.74) is 6.46. The van der Waals surface area contributed by atoms with E-state index in [9.17, 15) is 9.18 Å². The zero-order valence-corrected chi connectivity index (χ0v) is 11.0. The third-order valence-corrected chi connectivity index (χ3v) is 2.87. The van der Waals surface area contributed by atoms with E-state index < -0.39 is 0 Å². The molecule has 0 radical (unpaired) electrons. The number of nitrogens with zero attached hydrogens (tertiary/aromatic N) is 1. The van der Waals surface area contributed by atoms with Crippen LogP contribution in [0.2, 0.25) is 0 Å². The van der Waals surface area contributed by atoms with E-state index in [1.807, 2.05) is 13.8 Å². The maximum Gasteiger partial charge on any atom is 0.226 e. The predicted octanol–water partition coefficient (Wildman–Crippen LogP) is 2.16. The SMILES string of the molecule is CCCN(Cc1ccc(F)cc1)C(=O)C(C)CN. The lowest BCUT2D eigenvalue weighted by molar-refractivity contribution is -0.135. The number of amides is 1. The van der Waals surface area contributed by atoms with Crippen LogP contribution in [-0.4, -0.2) is 23.9 Å². The average Bonchev–Trinajstić information content (AvgIpc) is 2.39. The fourth-order valence-corrected chi connectivity index (χ4v) is 1.76. The van der Waals surface area contributed by atoms with Crippen molar-refractivity contribution < 1.29 is 9.18 Å². The molecule has 0 fully saturated rings. The highest BCUT2D eigenvalue weighted by Gasteiger charge is 2.18. The second-order valence-corrected chi connectivity index (χ2v) is 4.52. The zero-order valence-electron chi connectivity index (χ0n) is 11.0. The monoisotopic (exact) mass is 252 g/mol. The van der Waals surface area contributed by atoms with Crippen LogP contribution >= 0.6 is 0 Å². The summed E-state index contributed by atoms with van der Waals surface area (Å²) >= 11 is 0. The molecule has 1 unspecified atom stereocenters. The summed E-state index contributed by atoms with van der Waals surface area (Å²) < 4.78 is 12.8. The molecule has 0 spiro atoms. The van der Waals surface area contributed by atoms with Gasteiger partial charge in [-0.3, -0.25) is 4.79 Å². The largest absolute Gasteiger partial charge is 0.338 e. The number of halogens is 1. The van der Waals surface area contributed by atoms with Gasteiger partial charge < -0.3 is 10.6 Å². The molecule has 1 rings (SSSR count). The topological polar surface area (TPSA) is 46.3 Å². The van der Waals surface area contributed by atoms with E-state index in [1.54, 1.807) is 17.0 Å². The molecule has 1 atom stereocenters. The summed E-state index contributed by atoms with van der Waals surface area (Å²) in [6.45, 7) is 5.41. The van der Waals surface area contributed by atoms with Crippen LogP contribution in [0.3, 0.4) is 0 Å². The van der Waals surface area contributed by atoms with E-state index in [-0.39, 0.29) is 17.6 Å². The van der Waals surface area contributed by atoms with Crippen LogP contribution in [0.25, 0.3) is 0 Å². The number of benzene rings is 1. The van der Waals surface area contributed by atoms with Crippen molar-refractivity contribution in [3.05, 3.63) is 35.6 Å². The third kappa shape index (κ3) is 4.11. The molecule has 4 heteroatoms. The lowest BCUT2D eigenvalue weighted by atomic mass is 10.1. The van der Waals surface area contributed by atoms with E-state index >= 15 is 0 Å². The minimum atomic E-state index is -0.262. The van der Waals surface area contributed by atoms with Crippen molar-refractivity contribution in [2.24, 2.45) is 11.7 Å². The van der Waals surface area contributed by atoms with Gasteiger partial charge in [0.15, 0.2) is 0 Å². The molecule has 0 heterocycles. The van der Waals surface area contributed by atoms with E-state index in [0.29, 0.717) is 19.6 Å². The standard InChI is InChI=1S/C14H21FN2O/c1-3-8-17(14(18)11(2)9-16)10-12-4-6-13(15)7-5-12/h4-7,11H,3,8-10,16H2,1-2H3. The highest BCUT2D eigenvalue weighted by molar-refractivity contribution is 5.78. The first-order chi connectivity index (χ1) is 8.58. The Morgan fingerprint density at radius 2 is 2.00 bits per heavy atom. The zero-order chi connectivity index (χ0) is 13.5. The third-order valence-electron chi connectivity index (χ3n) is 2.87. The van der Waals surface area contributed by atoms with Gasteiger partial charge in [-0.2, -0.15) is 0 Å². The van der Waals surface area contributed by atoms with Crippen LogP contribution in [0.5, 0.6) is 0 Å². The fourth-order valence-electron chi connectivity index (χ4n) is 1.76. The van der Waals surface area contributed by atoms with Crippen LogP contribution in [0.4, 0.5) is 4.39 Å². The van der Waals surface area contributed by atoms with Gasteiger partial charge in [0.1, 0.15) is 5.82 Å². The molecule has 0 saturated heterocycles. The highest BCUT2D eigenvalue weighted by Crippen LogP contribution is 2.10. The molecule has 0 aliphatic rings. The number of carbonyl (C=O) groups is 1. The van der Waals surface area contributed by atoms with E-state index in [1.165, 1.54) is 12.1 Å². The molecule has 0 saturated carbocycles. The van der Waals surface area contributed by atoms with Gasteiger partial charge in [-0.1, -0.05) is 26.0 Å². The Balaban J connectivity index is 2.73. The van der Waals surface area contributed by atoms with E-state index in [2.05, 4.69) is 0 Å². The first-order valence-corrected chi connectivity index (χ1v) is 6.31. The Bertz CT molecular complexity index is 378. The second kappa shape index (κ2) is 7.11. The Morgan fingerprint density at radius 1 is 1.39 bits per heavy atom. The summed E-state index contributed by atoms with van der Waals surface area (Å²) in [6.07, 6.45) is 0.893. The molecule has 1 aromatic carbocycles. The van der Waals surface area contributed by atoms with Gasteiger partial charge in [0.2, 0.25) is 5.91 Å². The Labute approximate surface area is 108 Å². The summed E-state index contributed by atoms with van der Waals surface area (Å²) in [7, 11) is 0. The van der Waals surface area contributed by atoms with Crippen molar-refractivity contribution in [1.82, 2.24) is 4.90 Å². The molecule has 3 nitrogen and oxygen atoms in total. The molecular weight excluding hydrogens is 231 g/mol. The Kier molecular flexibility index (Phi) is 5.78. The smallest absolute Gasteiger partial charge is 0.226 e. The number of nitrogens with two attached hydrogens (primary N) is 1. The summed E-state index contributed by atoms with van der Waals surface area (Å²) in [5.74, 6) is -0.372. The second-order valence-electron chi connectivity index (χ2n) is 4.52. The molecule has 0 aromatic heterocycles. The molecular formula is C14H21FN2O. The number of carbonyl (C=O) groups excluding carboxylic acids is 1. The number of hydrogen-bond donors (Lipinski definition) is 1. The molecule has 18 heavy (non-hydrogen) atoms. The van der Waals surface area contributed by atoms with Crippen LogP contribution < -0.4 is 5.73 Å². The quantitative estimate of drug-likeness (QED) is 0.843. The van der Waals surface area contributed by atoms with Crippen molar-refractivity contribution >= 4 is 5.91 Å². The molecule has 0 aliphatic heterocycles. The van der Waals surface area contributed by atoms with Gasteiger partial charge in [-0.25, -0.2) is 4.39 Å². The fraction of sp³-hybridized carbons (Fsp3) is 0.500. The molecule has 0 bridgehead atoms. The summed E-state index contributed by atoms with van der Waals surface area (Å²) in [5, 5.41) is 0. The molecule has 1 amide bonds. The molecule has 2 N–H and O–H groups in total. The van der Waals surface area contributed by atoms with Crippen molar-refractivity contribution in [3.63, 3.8) is 0 Å². The van der Waals surface area contributed by atoms with Crippen LogP contribution in [0.15, 0.2) is 24.3 Å². The highest BCUT2D eigenvalue weighted by atomic mass is 19.1. The van der Waals surface area contributed by atoms with Crippen molar-refractivity contribution in [2.75, 3.05) is 13.1 Å². The first-order valence-electron chi connectivity index (χ1n) is 6.31. The predicted molar refractivity (Wildman–Crippen MR) is 70.3 cm³/mol. The number of hydrogen-bond acceptors (Lipinski definition) is 2. The minimum Gasteiger partial charge on any atom is -0.338 e. The van der Waals surface area contributed by atoms with Crippen LogP contribution in [-0.2, 0) is 11.3 Å². The lowest BCUT2D eigenvalue weighted by Gasteiger charge is -2.25. The molecule has 100 valence electrons. The van der Waals surface area contributed by atoms with Crippen molar-refractivity contribution in [3.8, 4) is 0 Å². The van der Waals surface area contributed by atoms with Crippen LogP contribution in [0, 0.1) is 11.7 Å². The maximum absolute atomic E-state index is 12.8. The lowest BCUT2D eigenvalue weighted by Crippen LogP contribution is -2.38. The van der Waals surface area contributed by atoms with Crippen LogP contribution in [0.1, 0.15) is 25.8 Å². The maximum atomic E-state index is 12.8. The Hall–Kier alpha value is -1.42. The molecule has 1 aromatic rings. The van der Waals surface area contributed by atoms with E-state index in [4.69, 9.17) is 5.73 Å². The van der Waals surface area contributed by atoms with Gasteiger partial charge in [0, 0.05) is 25.6 Å². The minimum absolute atomic E-state index is 0.0590.